The van der Waals surface area contributed by atoms with Crippen LogP contribution in [0.5, 0.6) is 0 Å². The van der Waals surface area contributed by atoms with Gasteiger partial charge in [-0.15, -0.1) is 0 Å². The van der Waals surface area contributed by atoms with Crippen molar-refractivity contribution in [3.05, 3.63) is 46.4 Å². The number of hydrogen-bond acceptors (Lipinski definition) is 3. The van der Waals surface area contributed by atoms with Gasteiger partial charge in [0.05, 0.1) is 15.7 Å². The van der Waals surface area contributed by atoms with E-state index in [0.29, 0.717) is 16.9 Å². The Bertz CT molecular complexity index is 558. The van der Waals surface area contributed by atoms with E-state index in [0.717, 1.165) is 12.8 Å². The Labute approximate surface area is 108 Å². The number of fused-ring (bicyclic) bond motifs is 1. The van der Waals surface area contributed by atoms with Gasteiger partial charge in [-0.05, 0) is 6.42 Å². The third-order valence-corrected chi connectivity index (χ3v) is 4.30. The number of carbonyl (C=O) groups is 2. The fourth-order valence-electron chi connectivity index (χ4n) is 1.85. The molecule has 94 valence electrons. The molecule has 0 amide bonds. The molecule has 1 aliphatic rings. The average Bonchev–Trinajstić information content (AvgIpc) is 2.40. The van der Waals surface area contributed by atoms with Crippen LogP contribution >= 0.6 is 0 Å². The van der Waals surface area contributed by atoms with Gasteiger partial charge in [0.2, 0.25) is 5.78 Å². The minimum atomic E-state index is -1.37. The molecule has 2 rings (SSSR count). The van der Waals surface area contributed by atoms with Crippen molar-refractivity contribution in [1.29, 1.82) is 0 Å². The Kier molecular flexibility index (Phi) is 3.87. The second-order valence-corrected chi connectivity index (χ2v) is 5.69. The van der Waals surface area contributed by atoms with Crippen LogP contribution in [-0.2, 0) is 10.8 Å². The van der Waals surface area contributed by atoms with E-state index in [1.807, 2.05) is 6.92 Å². The maximum absolute atomic E-state index is 12.2. The topological polar surface area (TPSA) is 51.2 Å². The van der Waals surface area contributed by atoms with Crippen molar-refractivity contribution in [1.82, 2.24) is 0 Å². The zero-order chi connectivity index (χ0) is 13.1. The molecule has 0 saturated heterocycles. The average molecular weight is 262 g/mol. The molecule has 0 saturated carbocycles. The molecular formula is C14H14O3S. The van der Waals surface area contributed by atoms with Gasteiger partial charge in [-0.3, -0.25) is 13.8 Å². The molecule has 0 N–H and O–H groups in total. The van der Waals surface area contributed by atoms with Gasteiger partial charge < -0.3 is 0 Å². The Hall–Kier alpha value is -1.55. The fraction of sp³-hybridized carbons (Fsp3) is 0.286. The summed E-state index contributed by atoms with van der Waals surface area (Å²) in [6.45, 7) is 1.99. The molecule has 1 atom stereocenters. The Balaban J connectivity index is 2.34. The lowest BCUT2D eigenvalue weighted by Crippen LogP contribution is -2.20. The summed E-state index contributed by atoms with van der Waals surface area (Å²) >= 11 is 0. The van der Waals surface area contributed by atoms with Crippen molar-refractivity contribution in [3.63, 3.8) is 0 Å². The largest absolute Gasteiger partial charge is 0.289 e. The van der Waals surface area contributed by atoms with Gasteiger partial charge in [0.1, 0.15) is 0 Å². The van der Waals surface area contributed by atoms with E-state index in [-0.39, 0.29) is 16.5 Å². The molecule has 1 unspecified atom stereocenters. The fourth-order valence-corrected chi connectivity index (χ4v) is 3.17. The van der Waals surface area contributed by atoms with E-state index >= 15 is 0 Å². The zero-order valence-corrected chi connectivity index (χ0v) is 11.0. The molecule has 0 radical (unpaired) electrons. The van der Waals surface area contributed by atoms with E-state index < -0.39 is 10.8 Å². The monoisotopic (exact) mass is 262 g/mol. The number of carbonyl (C=O) groups excluding carboxylic acids is 2. The predicted molar refractivity (Wildman–Crippen MR) is 71.1 cm³/mol. The normalized spacial score (nSPS) is 16.2. The quantitative estimate of drug-likeness (QED) is 0.837. The molecule has 0 heterocycles. The molecule has 1 aromatic rings. The number of Topliss-reactive ketones (excluding diaryl/α,β-unsaturated/α-hetero) is 1. The van der Waals surface area contributed by atoms with E-state index in [4.69, 9.17) is 0 Å². The highest BCUT2D eigenvalue weighted by molar-refractivity contribution is 7.90. The number of rotatable bonds is 4. The van der Waals surface area contributed by atoms with Crippen LogP contribution in [0.2, 0.25) is 0 Å². The molecule has 3 nitrogen and oxygen atoms in total. The molecule has 0 fully saturated rings. The predicted octanol–water partition coefficient (Wildman–Crippen LogP) is 2.50. The minimum Gasteiger partial charge on any atom is -0.289 e. The van der Waals surface area contributed by atoms with Crippen LogP contribution < -0.4 is 0 Å². The van der Waals surface area contributed by atoms with Crippen LogP contribution in [0, 0.1) is 0 Å². The van der Waals surface area contributed by atoms with E-state index in [9.17, 15) is 13.8 Å². The highest BCUT2D eigenvalue weighted by atomic mass is 32.2. The number of hydrogen-bond donors (Lipinski definition) is 0. The second-order valence-electron chi connectivity index (χ2n) is 4.15. The first-order valence-corrected chi connectivity index (χ1v) is 7.25. The van der Waals surface area contributed by atoms with Gasteiger partial charge in [0, 0.05) is 23.0 Å². The Morgan fingerprint density at radius 2 is 1.78 bits per heavy atom. The number of benzene rings is 1. The SMILES string of the molecule is CCCCS(=O)C1=CC(=O)c2ccccc2C1=O. The molecular weight excluding hydrogens is 248 g/mol. The van der Waals surface area contributed by atoms with Gasteiger partial charge in [0.25, 0.3) is 0 Å². The zero-order valence-electron chi connectivity index (χ0n) is 10.1. The molecule has 4 heteroatoms. The minimum absolute atomic E-state index is 0.146. The summed E-state index contributed by atoms with van der Waals surface area (Å²) in [5.41, 5.74) is 0.767. The van der Waals surface area contributed by atoms with Crippen LogP contribution in [-0.4, -0.2) is 21.5 Å². The van der Waals surface area contributed by atoms with Crippen LogP contribution in [0.25, 0.3) is 0 Å². The molecule has 1 aliphatic carbocycles. The van der Waals surface area contributed by atoms with Crippen LogP contribution in [0.15, 0.2) is 35.2 Å². The number of unbranched alkanes of at least 4 members (excludes halogenated alkanes) is 1. The van der Waals surface area contributed by atoms with Crippen molar-refractivity contribution < 1.29 is 13.8 Å². The maximum atomic E-state index is 12.2. The standard InChI is InChI=1S/C14H14O3S/c1-2-3-8-18(17)13-9-12(15)10-6-4-5-7-11(10)14(13)16/h4-7,9H,2-3,8H2,1H3. The van der Waals surface area contributed by atoms with Crippen molar-refractivity contribution in [2.45, 2.75) is 19.8 Å². The van der Waals surface area contributed by atoms with Gasteiger partial charge in [-0.1, -0.05) is 37.6 Å². The first kappa shape index (κ1) is 12.9. The Morgan fingerprint density at radius 1 is 1.11 bits per heavy atom. The van der Waals surface area contributed by atoms with Crippen molar-refractivity contribution in [2.75, 3.05) is 5.75 Å². The summed E-state index contributed by atoms with van der Waals surface area (Å²) < 4.78 is 12.0. The molecule has 0 spiro atoms. The first-order chi connectivity index (χ1) is 8.65. The van der Waals surface area contributed by atoms with Gasteiger partial charge in [-0.25, -0.2) is 0 Å². The van der Waals surface area contributed by atoms with Gasteiger partial charge in [-0.2, -0.15) is 0 Å². The summed E-state index contributed by atoms with van der Waals surface area (Å²) in [5, 5.41) is 0. The molecule has 18 heavy (non-hydrogen) atoms. The van der Waals surface area contributed by atoms with E-state index in [1.165, 1.54) is 6.08 Å². The molecule has 0 aliphatic heterocycles. The Morgan fingerprint density at radius 3 is 2.44 bits per heavy atom. The van der Waals surface area contributed by atoms with Gasteiger partial charge >= 0.3 is 0 Å². The molecule has 0 aromatic heterocycles. The number of ketones is 2. The summed E-state index contributed by atoms with van der Waals surface area (Å²) in [7, 11) is -1.37. The third-order valence-electron chi connectivity index (χ3n) is 2.85. The van der Waals surface area contributed by atoms with Gasteiger partial charge in [0.15, 0.2) is 5.78 Å². The van der Waals surface area contributed by atoms with Crippen molar-refractivity contribution in [2.24, 2.45) is 0 Å². The first-order valence-electron chi connectivity index (χ1n) is 5.93. The summed E-state index contributed by atoms with van der Waals surface area (Å²) in [6, 6.07) is 6.66. The highest BCUT2D eigenvalue weighted by Crippen LogP contribution is 2.23. The summed E-state index contributed by atoms with van der Waals surface area (Å²) in [6.07, 6.45) is 2.93. The van der Waals surface area contributed by atoms with Crippen LogP contribution in [0.1, 0.15) is 40.5 Å². The molecule has 0 bridgehead atoms. The lowest BCUT2D eigenvalue weighted by molar-refractivity contribution is 0.0990. The third kappa shape index (κ3) is 2.34. The highest BCUT2D eigenvalue weighted by Gasteiger charge is 2.28. The maximum Gasteiger partial charge on any atom is 0.202 e. The lowest BCUT2D eigenvalue weighted by Gasteiger charge is -2.14. The van der Waals surface area contributed by atoms with E-state index in [2.05, 4.69) is 0 Å². The molecule has 1 aromatic carbocycles. The van der Waals surface area contributed by atoms with E-state index in [1.54, 1.807) is 24.3 Å². The summed E-state index contributed by atoms with van der Waals surface area (Å²) in [5.74, 6) is -0.0755. The second kappa shape index (κ2) is 5.40. The van der Waals surface area contributed by atoms with Crippen molar-refractivity contribution in [3.8, 4) is 0 Å². The van der Waals surface area contributed by atoms with Crippen LogP contribution in [0.4, 0.5) is 0 Å². The smallest absolute Gasteiger partial charge is 0.202 e. The summed E-state index contributed by atoms with van der Waals surface area (Å²) in [4.78, 5) is 24.2. The number of allylic oxidation sites excluding steroid dienone is 2. The lowest BCUT2D eigenvalue weighted by atomic mass is 9.95. The van der Waals surface area contributed by atoms with Crippen molar-refractivity contribution >= 4 is 22.4 Å². The van der Waals surface area contributed by atoms with Crippen LogP contribution in [0.3, 0.4) is 0 Å².